The van der Waals surface area contributed by atoms with Crippen LogP contribution in [0.25, 0.3) is 0 Å². The van der Waals surface area contributed by atoms with Crippen LogP contribution in [0.5, 0.6) is 0 Å². The molecule has 0 amide bonds. The molecule has 0 bridgehead atoms. The molecule has 2 aliphatic rings. The number of hydrogen-bond donors (Lipinski definition) is 1. The number of sulfonamides is 1. The van der Waals surface area contributed by atoms with Crippen LogP contribution in [0.2, 0.25) is 0 Å². The van der Waals surface area contributed by atoms with E-state index in [-0.39, 0.29) is 6.04 Å². The van der Waals surface area contributed by atoms with E-state index in [4.69, 9.17) is 4.74 Å². The van der Waals surface area contributed by atoms with Crippen molar-refractivity contribution in [3.8, 4) is 0 Å². The predicted octanol–water partition coefficient (Wildman–Crippen LogP) is 1.13. The number of nitrogens with one attached hydrogen (secondary N) is 1. The highest BCUT2D eigenvalue weighted by Gasteiger charge is 2.31. The van der Waals surface area contributed by atoms with E-state index >= 15 is 0 Å². The minimum absolute atomic E-state index is 0.0429. The second-order valence-corrected chi connectivity index (χ2v) is 7.65. The van der Waals surface area contributed by atoms with E-state index in [1.54, 1.807) is 17.4 Å². The number of hydrogen-bond acceptors (Lipinski definition) is 4. The highest BCUT2D eigenvalue weighted by molar-refractivity contribution is 7.89. The van der Waals surface area contributed by atoms with Crippen molar-refractivity contribution < 1.29 is 13.2 Å². The van der Waals surface area contributed by atoms with Gasteiger partial charge in [0, 0.05) is 32.8 Å². The molecule has 0 spiro atoms. The Bertz CT molecular complexity index is 609. The van der Waals surface area contributed by atoms with Crippen molar-refractivity contribution in [2.75, 3.05) is 26.8 Å². The third-order valence-corrected chi connectivity index (χ3v) is 6.45. The van der Waals surface area contributed by atoms with Gasteiger partial charge in [0.25, 0.3) is 0 Å². The molecule has 0 radical (unpaired) electrons. The predicted molar refractivity (Wildman–Crippen MR) is 80.6 cm³/mol. The van der Waals surface area contributed by atoms with Crippen molar-refractivity contribution in [2.45, 2.75) is 36.7 Å². The summed E-state index contributed by atoms with van der Waals surface area (Å²) < 4.78 is 32.8. The molecule has 0 saturated carbocycles. The summed E-state index contributed by atoms with van der Waals surface area (Å²) in [7, 11) is -1.73. The molecule has 2 aliphatic heterocycles. The third kappa shape index (κ3) is 2.85. The molecule has 0 aromatic heterocycles. The molecule has 1 fully saturated rings. The minimum Gasteiger partial charge on any atom is -0.381 e. The van der Waals surface area contributed by atoms with Gasteiger partial charge in [-0.2, -0.15) is 4.31 Å². The van der Waals surface area contributed by atoms with E-state index in [0.717, 1.165) is 43.5 Å². The molecule has 2 heterocycles. The number of ether oxygens (including phenoxy) is 1. The summed E-state index contributed by atoms with van der Waals surface area (Å²) in [5.41, 5.74) is 2.08. The molecular formula is C15H22N2O3S. The van der Waals surface area contributed by atoms with Crippen LogP contribution in [0.15, 0.2) is 23.1 Å². The Morgan fingerprint density at radius 1 is 1.29 bits per heavy atom. The molecular weight excluding hydrogens is 288 g/mol. The van der Waals surface area contributed by atoms with Gasteiger partial charge in [0.05, 0.1) is 4.90 Å². The normalized spacial score (nSPS) is 20.5. The number of benzene rings is 1. The van der Waals surface area contributed by atoms with Crippen molar-refractivity contribution in [3.63, 3.8) is 0 Å². The zero-order valence-corrected chi connectivity index (χ0v) is 13.2. The number of rotatable bonds is 3. The standard InChI is InChI=1S/C15H22N2O3S/c1-17(13-6-9-20-10-7-13)21(18,19)15-4-2-3-12-11-16-8-5-14(12)15/h2-4,13,16H,5-11H2,1H3. The molecule has 116 valence electrons. The first-order chi connectivity index (χ1) is 10.1. The van der Waals surface area contributed by atoms with Gasteiger partial charge in [-0.25, -0.2) is 8.42 Å². The zero-order chi connectivity index (χ0) is 14.9. The molecule has 3 rings (SSSR count). The Kier molecular flexibility index (Phi) is 4.31. The lowest BCUT2D eigenvalue weighted by Crippen LogP contribution is -2.41. The first-order valence-corrected chi connectivity index (χ1v) is 8.92. The monoisotopic (exact) mass is 310 g/mol. The van der Waals surface area contributed by atoms with Crippen LogP contribution in [0.4, 0.5) is 0 Å². The van der Waals surface area contributed by atoms with Crippen LogP contribution in [-0.2, 0) is 27.7 Å². The van der Waals surface area contributed by atoms with Gasteiger partial charge in [0.2, 0.25) is 10.0 Å². The summed E-state index contributed by atoms with van der Waals surface area (Å²) in [6.07, 6.45) is 2.31. The summed E-state index contributed by atoms with van der Waals surface area (Å²) in [5.74, 6) is 0. The van der Waals surface area contributed by atoms with Crippen LogP contribution in [0.3, 0.4) is 0 Å². The van der Waals surface area contributed by atoms with Gasteiger partial charge < -0.3 is 10.1 Å². The lowest BCUT2D eigenvalue weighted by molar-refractivity contribution is 0.0632. The van der Waals surface area contributed by atoms with Crippen molar-refractivity contribution in [1.82, 2.24) is 9.62 Å². The van der Waals surface area contributed by atoms with Crippen LogP contribution in [0, 0.1) is 0 Å². The Morgan fingerprint density at radius 2 is 2.05 bits per heavy atom. The van der Waals surface area contributed by atoms with E-state index in [9.17, 15) is 8.42 Å². The Hall–Kier alpha value is -0.950. The van der Waals surface area contributed by atoms with Gasteiger partial charge in [-0.1, -0.05) is 12.1 Å². The third-order valence-electron chi connectivity index (χ3n) is 4.46. The average Bonchev–Trinajstić information content (AvgIpc) is 2.54. The van der Waals surface area contributed by atoms with Crippen LogP contribution in [-0.4, -0.2) is 45.6 Å². The van der Waals surface area contributed by atoms with Gasteiger partial charge in [-0.05, 0) is 43.0 Å². The van der Waals surface area contributed by atoms with Crippen molar-refractivity contribution in [3.05, 3.63) is 29.3 Å². The fraction of sp³-hybridized carbons (Fsp3) is 0.600. The Balaban J connectivity index is 1.94. The second-order valence-electron chi connectivity index (χ2n) is 5.69. The van der Waals surface area contributed by atoms with E-state index < -0.39 is 10.0 Å². The topological polar surface area (TPSA) is 58.6 Å². The van der Waals surface area contributed by atoms with Crippen molar-refractivity contribution >= 4 is 10.0 Å². The van der Waals surface area contributed by atoms with E-state index in [1.165, 1.54) is 0 Å². The molecule has 0 unspecified atom stereocenters. The van der Waals surface area contributed by atoms with Gasteiger partial charge in [-0.15, -0.1) is 0 Å². The molecule has 1 aromatic carbocycles. The van der Waals surface area contributed by atoms with Gasteiger partial charge in [0.15, 0.2) is 0 Å². The van der Waals surface area contributed by atoms with Crippen LogP contribution in [0.1, 0.15) is 24.0 Å². The maximum Gasteiger partial charge on any atom is 0.243 e. The molecule has 1 aromatic rings. The fourth-order valence-corrected chi connectivity index (χ4v) is 4.85. The average molecular weight is 310 g/mol. The van der Waals surface area contributed by atoms with Crippen molar-refractivity contribution in [2.24, 2.45) is 0 Å². The maximum atomic E-state index is 13.0. The minimum atomic E-state index is -3.43. The van der Waals surface area contributed by atoms with Crippen LogP contribution < -0.4 is 5.32 Å². The second kappa shape index (κ2) is 6.04. The summed E-state index contributed by atoms with van der Waals surface area (Å²) in [5, 5.41) is 3.29. The molecule has 21 heavy (non-hydrogen) atoms. The highest BCUT2D eigenvalue weighted by atomic mass is 32.2. The van der Waals surface area contributed by atoms with E-state index in [0.29, 0.717) is 18.1 Å². The van der Waals surface area contributed by atoms with Gasteiger partial charge >= 0.3 is 0 Å². The van der Waals surface area contributed by atoms with Crippen molar-refractivity contribution in [1.29, 1.82) is 0 Å². The molecule has 6 heteroatoms. The Labute approximate surface area is 126 Å². The first-order valence-electron chi connectivity index (χ1n) is 7.48. The lowest BCUT2D eigenvalue weighted by Gasteiger charge is -2.31. The molecule has 1 N–H and O–H groups in total. The largest absolute Gasteiger partial charge is 0.381 e. The highest BCUT2D eigenvalue weighted by Crippen LogP contribution is 2.27. The molecule has 0 aliphatic carbocycles. The summed E-state index contributed by atoms with van der Waals surface area (Å²) in [4.78, 5) is 0.482. The lowest BCUT2D eigenvalue weighted by atomic mass is 10.0. The molecule has 1 saturated heterocycles. The zero-order valence-electron chi connectivity index (χ0n) is 12.3. The molecule has 0 atom stereocenters. The summed E-state index contributed by atoms with van der Waals surface area (Å²) in [6.45, 7) is 2.86. The Morgan fingerprint density at radius 3 is 2.81 bits per heavy atom. The van der Waals surface area contributed by atoms with Gasteiger partial charge in [0.1, 0.15) is 0 Å². The summed E-state index contributed by atoms with van der Waals surface area (Å²) >= 11 is 0. The summed E-state index contributed by atoms with van der Waals surface area (Å²) in [6, 6.07) is 5.64. The van der Waals surface area contributed by atoms with Gasteiger partial charge in [-0.3, -0.25) is 0 Å². The smallest absolute Gasteiger partial charge is 0.243 e. The molecule has 5 nitrogen and oxygen atoms in total. The number of nitrogens with zero attached hydrogens (tertiary/aromatic N) is 1. The SMILES string of the molecule is CN(C1CCOCC1)S(=O)(=O)c1cccc2c1CCNC2. The van der Waals surface area contributed by atoms with E-state index in [2.05, 4.69) is 5.32 Å². The van der Waals surface area contributed by atoms with Crippen LogP contribution >= 0.6 is 0 Å². The quantitative estimate of drug-likeness (QED) is 0.909. The first kappa shape index (κ1) is 15.0. The van der Waals surface area contributed by atoms with E-state index in [1.807, 2.05) is 12.1 Å². The maximum absolute atomic E-state index is 13.0. The number of fused-ring (bicyclic) bond motifs is 1. The fourth-order valence-electron chi connectivity index (χ4n) is 3.14.